The maximum Gasteiger partial charge on any atom is 0.260 e. The fourth-order valence-corrected chi connectivity index (χ4v) is 5.06. The summed E-state index contributed by atoms with van der Waals surface area (Å²) in [5.74, 6) is 1.48. The average molecular weight is 472 g/mol. The standard InChI is InChI=1S/C26H37N3O3S/c1-16(2)10-29(11-20(30)14-32-13-17(3)4)12-23-27-25(31)24-22(15-33-26(24)28-23)21-8-7-18(5)9-19(21)6/h7-9,15-17,20,30H,10-14H2,1-6H3,(H,27,28,31). The molecule has 0 amide bonds. The SMILES string of the molecule is Cc1ccc(-c2csc3nc(CN(CC(C)C)CC(O)COCC(C)C)[nH]c(=O)c23)c(C)c1. The Labute approximate surface area is 200 Å². The Morgan fingerprint density at radius 1 is 1.09 bits per heavy atom. The Bertz CT molecular complexity index is 1120. The van der Waals surface area contributed by atoms with E-state index in [4.69, 9.17) is 9.72 Å². The highest BCUT2D eigenvalue weighted by Crippen LogP contribution is 2.33. The maximum absolute atomic E-state index is 13.1. The Hall–Kier alpha value is -2.06. The van der Waals surface area contributed by atoms with Crippen LogP contribution in [0.1, 0.15) is 44.6 Å². The number of nitrogens with one attached hydrogen (secondary N) is 1. The van der Waals surface area contributed by atoms with Crippen molar-refractivity contribution < 1.29 is 9.84 Å². The predicted molar refractivity (Wildman–Crippen MR) is 137 cm³/mol. The van der Waals surface area contributed by atoms with Crippen LogP contribution in [-0.2, 0) is 11.3 Å². The summed E-state index contributed by atoms with van der Waals surface area (Å²) in [5, 5.41) is 13.1. The van der Waals surface area contributed by atoms with Crippen molar-refractivity contribution in [1.29, 1.82) is 0 Å². The van der Waals surface area contributed by atoms with Gasteiger partial charge in [-0.25, -0.2) is 4.98 Å². The van der Waals surface area contributed by atoms with Gasteiger partial charge < -0.3 is 14.8 Å². The second-order valence-electron chi connectivity index (χ2n) is 9.83. The fourth-order valence-electron chi connectivity index (χ4n) is 4.10. The molecule has 1 aromatic carbocycles. The molecule has 0 bridgehead atoms. The summed E-state index contributed by atoms with van der Waals surface area (Å²) < 4.78 is 5.60. The molecule has 7 heteroatoms. The van der Waals surface area contributed by atoms with Gasteiger partial charge in [0.05, 0.1) is 24.6 Å². The van der Waals surface area contributed by atoms with Crippen LogP contribution < -0.4 is 5.56 Å². The summed E-state index contributed by atoms with van der Waals surface area (Å²) in [7, 11) is 0. The van der Waals surface area contributed by atoms with Gasteiger partial charge in [0.2, 0.25) is 0 Å². The molecule has 2 N–H and O–H groups in total. The van der Waals surface area contributed by atoms with E-state index < -0.39 is 6.10 Å². The zero-order valence-corrected chi connectivity index (χ0v) is 21.5. The molecule has 2 heterocycles. The van der Waals surface area contributed by atoms with Gasteiger partial charge in [0.25, 0.3) is 5.56 Å². The third-order valence-electron chi connectivity index (χ3n) is 5.39. The Morgan fingerprint density at radius 3 is 2.52 bits per heavy atom. The molecule has 33 heavy (non-hydrogen) atoms. The number of thiophene rings is 1. The molecule has 0 fully saturated rings. The molecule has 3 aromatic rings. The molecule has 3 rings (SSSR count). The molecule has 0 saturated carbocycles. The summed E-state index contributed by atoms with van der Waals surface area (Å²) in [6.07, 6.45) is -0.587. The number of H-pyrrole nitrogens is 1. The number of aliphatic hydroxyl groups is 1. The number of benzene rings is 1. The lowest BCUT2D eigenvalue weighted by Crippen LogP contribution is -2.37. The van der Waals surface area contributed by atoms with Crippen LogP contribution in [0.5, 0.6) is 0 Å². The van der Waals surface area contributed by atoms with Crippen LogP contribution in [-0.4, -0.2) is 52.4 Å². The van der Waals surface area contributed by atoms with Crippen LogP contribution in [0.4, 0.5) is 0 Å². The maximum atomic E-state index is 13.1. The number of rotatable bonds is 11. The van der Waals surface area contributed by atoms with E-state index in [9.17, 15) is 9.90 Å². The van der Waals surface area contributed by atoms with Crippen molar-refractivity contribution in [2.45, 2.75) is 54.2 Å². The van der Waals surface area contributed by atoms with Gasteiger partial charge in [-0.1, -0.05) is 51.5 Å². The molecule has 0 radical (unpaired) electrons. The number of aromatic nitrogens is 2. The molecule has 0 spiro atoms. The van der Waals surface area contributed by atoms with Crippen LogP contribution >= 0.6 is 11.3 Å². The summed E-state index contributed by atoms with van der Waals surface area (Å²) in [6.45, 7) is 15.3. The van der Waals surface area contributed by atoms with Crippen molar-refractivity contribution in [1.82, 2.24) is 14.9 Å². The van der Waals surface area contributed by atoms with Gasteiger partial charge in [0.1, 0.15) is 10.7 Å². The zero-order valence-electron chi connectivity index (χ0n) is 20.6. The van der Waals surface area contributed by atoms with Crippen molar-refractivity contribution in [2.24, 2.45) is 11.8 Å². The summed E-state index contributed by atoms with van der Waals surface area (Å²) in [4.78, 5) is 23.7. The van der Waals surface area contributed by atoms with Gasteiger partial charge in [-0.15, -0.1) is 11.3 Å². The quantitative estimate of drug-likeness (QED) is 0.422. The highest BCUT2D eigenvalue weighted by Gasteiger charge is 2.18. The van der Waals surface area contributed by atoms with E-state index in [0.717, 1.165) is 28.1 Å². The smallest absolute Gasteiger partial charge is 0.260 e. The van der Waals surface area contributed by atoms with Crippen LogP contribution in [0.25, 0.3) is 21.3 Å². The first-order valence-corrected chi connectivity index (χ1v) is 12.6. The molecule has 0 aliphatic carbocycles. The number of fused-ring (bicyclic) bond motifs is 1. The fraction of sp³-hybridized carbons (Fsp3) is 0.538. The van der Waals surface area contributed by atoms with Crippen LogP contribution in [0.3, 0.4) is 0 Å². The van der Waals surface area contributed by atoms with E-state index >= 15 is 0 Å². The molecule has 180 valence electrons. The zero-order chi connectivity index (χ0) is 24.1. The summed E-state index contributed by atoms with van der Waals surface area (Å²) in [6, 6.07) is 6.28. The number of hydrogen-bond donors (Lipinski definition) is 2. The lowest BCUT2D eigenvalue weighted by molar-refractivity contribution is 0.00485. The second kappa shape index (κ2) is 11.4. The van der Waals surface area contributed by atoms with E-state index in [1.165, 1.54) is 16.9 Å². The highest BCUT2D eigenvalue weighted by molar-refractivity contribution is 7.17. The van der Waals surface area contributed by atoms with Crippen molar-refractivity contribution >= 4 is 21.6 Å². The van der Waals surface area contributed by atoms with Crippen molar-refractivity contribution in [3.05, 3.63) is 50.9 Å². The number of ether oxygens (including phenoxy) is 1. The molecular weight excluding hydrogens is 434 g/mol. The molecule has 0 saturated heterocycles. The largest absolute Gasteiger partial charge is 0.389 e. The van der Waals surface area contributed by atoms with Crippen molar-refractivity contribution in [3.63, 3.8) is 0 Å². The molecule has 1 unspecified atom stereocenters. The number of aromatic amines is 1. The average Bonchev–Trinajstić information content (AvgIpc) is 3.11. The van der Waals surface area contributed by atoms with Crippen molar-refractivity contribution in [3.8, 4) is 11.1 Å². The minimum atomic E-state index is -0.587. The van der Waals surface area contributed by atoms with Crippen LogP contribution in [0.2, 0.25) is 0 Å². The van der Waals surface area contributed by atoms with Crippen molar-refractivity contribution in [2.75, 3.05) is 26.3 Å². The van der Waals surface area contributed by atoms with Gasteiger partial charge in [-0.2, -0.15) is 0 Å². The van der Waals surface area contributed by atoms with Gasteiger partial charge in [0.15, 0.2) is 0 Å². The third-order valence-corrected chi connectivity index (χ3v) is 6.26. The Kier molecular flexibility index (Phi) is 8.82. The monoisotopic (exact) mass is 471 g/mol. The lowest BCUT2D eigenvalue weighted by atomic mass is 9.99. The number of nitrogens with zero attached hydrogens (tertiary/aromatic N) is 2. The molecule has 0 aliphatic heterocycles. The first-order valence-electron chi connectivity index (χ1n) is 11.7. The van der Waals surface area contributed by atoms with Crippen LogP contribution in [0, 0.1) is 25.7 Å². The molecule has 2 aromatic heterocycles. The van der Waals surface area contributed by atoms with E-state index in [0.29, 0.717) is 49.3 Å². The minimum absolute atomic E-state index is 0.114. The molecular formula is C26H37N3O3S. The topological polar surface area (TPSA) is 78.5 Å². The predicted octanol–water partition coefficient (Wildman–Crippen LogP) is 4.76. The molecule has 1 atom stereocenters. The number of hydrogen-bond acceptors (Lipinski definition) is 6. The highest BCUT2D eigenvalue weighted by atomic mass is 32.1. The third kappa shape index (κ3) is 6.96. The van der Waals surface area contributed by atoms with Gasteiger partial charge in [0, 0.05) is 30.6 Å². The molecule has 6 nitrogen and oxygen atoms in total. The minimum Gasteiger partial charge on any atom is -0.389 e. The Balaban J connectivity index is 1.81. The summed E-state index contributed by atoms with van der Waals surface area (Å²) in [5.41, 5.74) is 4.24. The number of aryl methyl sites for hydroxylation is 2. The first kappa shape index (κ1) is 25.6. The van der Waals surface area contributed by atoms with Gasteiger partial charge in [-0.3, -0.25) is 9.69 Å². The number of aliphatic hydroxyl groups excluding tert-OH is 1. The van der Waals surface area contributed by atoms with Gasteiger partial charge >= 0.3 is 0 Å². The van der Waals surface area contributed by atoms with E-state index in [2.05, 4.69) is 69.6 Å². The van der Waals surface area contributed by atoms with E-state index in [1.54, 1.807) is 0 Å². The van der Waals surface area contributed by atoms with Gasteiger partial charge in [-0.05, 0) is 36.8 Å². The van der Waals surface area contributed by atoms with E-state index in [1.807, 2.05) is 5.38 Å². The van der Waals surface area contributed by atoms with E-state index in [-0.39, 0.29) is 5.56 Å². The second-order valence-corrected chi connectivity index (χ2v) is 10.7. The van der Waals surface area contributed by atoms with Crippen LogP contribution in [0.15, 0.2) is 28.4 Å². The first-order chi connectivity index (χ1) is 15.6. The molecule has 0 aliphatic rings. The lowest BCUT2D eigenvalue weighted by Gasteiger charge is -2.26. The summed E-state index contributed by atoms with van der Waals surface area (Å²) >= 11 is 1.50. The normalized spacial score (nSPS) is 13.0. The Morgan fingerprint density at radius 2 is 1.85 bits per heavy atom.